The van der Waals surface area contributed by atoms with Crippen molar-refractivity contribution in [2.24, 2.45) is 0 Å². The summed E-state index contributed by atoms with van der Waals surface area (Å²) in [4.78, 5) is 12.9. The second-order valence-electron chi connectivity index (χ2n) is 5.06. The lowest BCUT2D eigenvalue weighted by molar-refractivity contribution is -0.119. The van der Waals surface area contributed by atoms with Crippen LogP contribution in [0.15, 0.2) is 29.2 Å². The molecule has 0 saturated carbocycles. The van der Waals surface area contributed by atoms with Gasteiger partial charge in [-0.1, -0.05) is 38.3 Å². The molecule has 1 rings (SSSR count). The molecule has 1 unspecified atom stereocenters. The maximum absolute atomic E-state index is 11.8. The SMILES string of the molecule is CCCCCC(C)NC(=O)CSc1ccc(CO)cc1. The third kappa shape index (κ3) is 6.96. The van der Waals surface area contributed by atoms with Gasteiger partial charge in [-0.2, -0.15) is 0 Å². The van der Waals surface area contributed by atoms with Crippen LogP contribution in [0.2, 0.25) is 0 Å². The van der Waals surface area contributed by atoms with Crippen LogP contribution in [0.1, 0.15) is 45.1 Å². The molecule has 1 atom stereocenters. The molecule has 0 aromatic heterocycles. The number of nitrogens with one attached hydrogen (secondary N) is 1. The lowest BCUT2D eigenvalue weighted by Crippen LogP contribution is -2.33. The number of hydrogen-bond donors (Lipinski definition) is 2. The van der Waals surface area contributed by atoms with Crippen LogP contribution in [-0.4, -0.2) is 22.8 Å². The average molecular weight is 295 g/mol. The monoisotopic (exact) mass is 295 g/mol. The van der Waals surface area contributed by atoms with Gasteiger partial charge in [0.15, 0.2) is 0 Å². The van der Waals surface area contributed by atoms with Crippen LogP contribution in [0, 0.1) is 0 Å². The zero-order chi connectivity index (χ0) is 14.8. The van der Waals surface area contributed by atoms with Gasteiger partial charge in [0.2, 0.25) is 5.91 Å². The largest absolute Gasteiger partial charge is 0.392 e. The van der Waals surface area contributed by atoms with E-state index >= 15 is 0 Å². The Morgan fingerprint density at radius 3 is 2.60 bits per heavy atom. The van der Waals surface area contributed by atoms with Crippen LogP contribution in [0.25, 0.3) is 0 Å². The first kappa shape index (κ1) is 17.1. The molecular formula is C16H25NO2S. The highest BCUT2D eigenvalue weighted by molar-refractivity contribution is 8.00. The fourth-order valence-electron chi connectivity index (χ4n) is 1.93. The molecule has 3 nitrogen and oxygen atoms in total. The number of rotatable bonds is 9. The first-order chi connectivity index (χ1) is 9.65. The molecule has 1 aromatic rings. The molecular weight excluding hydrogens is 270 g/mol. The van der Waals surface area contributed by atoms with Gasteiger partial charge in [0.05, 0.1) is 12.4 Å². The van der Waals surface area contributed by atoms with Crippen molar-refractivity contribution in [2.45, 2.75) is 57.1 Å². The second kappa shape index (κ2) is 9.83. The first-order valence-corrected chi connectivity index (χ1v) is 8.26. The van der Waals surface area contributed by atoms with E-state index in [0.29, 0.717) is 5.75 Å². The van der Waals surface area contributed by atoms with Gasteiger partial charge in [-0.15, -0.1) is 11.8 Å². The van der Waals surface area contributed by atoms with Crippen LogP contribution in [-0.2, 0) is 11.4 Å². The summed E-state index contributed by atoms with van der Waals surface area (Å²) >= 11 is 1.52. The van der Waals surface area contributed by atoms with Crippen molar-refractivity contribution in [3.8, 4) is 0 Å². The number of thioether (sulfide) groups is 1. The fourth-order valence-corrected chi connectivity index (χ4v) is 2.64. The maximum Gasteiger partial charge on any atom is 0.230 e. The number of carbonyl (C=O) groups excluding carboxylic acids is 1. The zero-order valence-electron chi connectivity index (χ0n) is 12.4. The molecule has 4 heteroatoms. The van der Waals surface area contributed by atoms with Crippen molar-refractivity contribution in [3.63, 3.8) is 0 Å². The molecule has 0 aliphatic heterocycles. The molecule has 1 aromatic carbocycles. The quantitative estimate of drug-likeness (QED) is 0.542. The van der Waals surface area contributed by atoms with Crippen LogP contribution < -0.4 is 5.32 Å². The number of aliphatic hydroxyl groups excluding tert-OH is 1. The van der Waals surface area contributed by atoms with Gasteiger partial charge in [0.1, 0.15) is 0 Å². The summed E-state index contributed by atoms with van der Waals surface area (Å²) in [5.74, 6) is 0.529. The van der Waals surface area contributed by atoms with Gasteiger partial charge in [0, 0.05) is 10.9 Å². The van der Waals surface area contributed by atoms with Gasteiger partial charge in [-0.05, 0) is 31.0 Å². The lowest BCUT2D eigenvalue weighted by atomic mass is 10.1. The molecule has 0 radical (unpaired) electrons. The van der Waals surface area contributed by atoms with Crippen molar-refractivity contribution in [2.75, 3.05) is 5.75 Å². The molecule has 0 saturated heterocycles. The van der Waals surface area contributed by atoms with Gasteiger partial charge in [-0.3, -0.25) is 4.79 Å². The Morgan fingerprint density at radius 2 is 2.00 bits per heavy atom. The molecule has 0 spiro atoms. The van der Waals surface area contributed by atoms with Crippen molar-refractivity contribution < 1.29 is 9.90 Å². The molecule has 0 aliphatic rings. The molecule has 0 fully saturated rings. The minimum absolute atomic E-state index is 0.0563. The summed E-state index contributed by atoms with van der Waals surface area (Å²) in [6.07, 6.45) is 4.66. The minimum atomic E-state index is 0.0563. The molecule has 0 aliphatic carbocycles. The fraction of sp³-hybridized carbons (Fsp3) is 0.562. The third-order valence-corrected chi connectivity index (χ3v) is 4.14. The Labute approximate surface area is 126 Å². The van der Waals surface area contributed by atoms with E-state index in [0.717, 1.165) is 16.9 Å². The van der Waals surface area contributed by atoms with Gasteiger partial charge in [-0.25, -0.2) is 0 Å². The number of amides is 1. The summed E-state index contributed by atoms with van der Waals surface area (Å²) in [5, 5.41) is 12.0. The number of unbranched alkanes of at least 4 members (excludes halogenated alkanes) is 2. The normalized spacial score (nSPS) is 12.2. The summed E-state index contributed by atoms with van der Waals surface area (Å²) in [6.45, 7) is 4.30. The highest BCUT2D eigenvalue weighted by Crippen LogP contribution is 2.18. The van der Waals surface area contributed by atoms with E-state index in [9.17, 15) is 4.79 Å². The van der Waals surface area contributed by atoms with Crippen molar-refractivity contribution >= 4 is 17.7 Å². The smallest absolute Gasteiger partial charge is 0.230 e. The summed E-state index contributed by atoms with van der Waals surface area (Å²) in [5.41, 5.74) is 0.892. The lowest BCUT2D eigenvalue weighted by Gasteiger charge is -2.13. The van der Waals surface area contributed by atoms with Crippen molar-refractivity contribution in [1.82, 2.24) is 5.32 Å². The van der Waals surface area contributed by atoms with E-state index in [-0.39, 0.29) is 18.6 Å². The molecule has 1 amide bonds. The Hall–Kier alpha value is -1.00. The number of aliphatic hydroxyl groups is 1. The Morgan fingerprint density at radius 1 is 1.30 bits per heavy atom. The average Bonchev–Trinajstić information content (AvgIpc) is 2.46. The molecule has 0 bridgehead atoms. The molecule has 2 N–H and O–H groups in total. The third-order valence-electron chi connectivity index (χ3n) is 3.12. The minimum Gasteiger partial charge on any atom is -0.392 e. The van der Waals surface area contributed by atoms with E-state index < -0.39 is 0 Å². The summed E-state index contributed by atoms with van der Waals surface area (Å²) in [6, 6.07) is 7.90. The summed E-state index contributed by atoms with van der Waals surface area (Å²) < 4.78 is 0. The maximum atomic E-state index is 11.8. The van der Waals surface area contributed by atoms with Gasteiger partial charge >= 0.3 is 0 Å². The van der Waals surface area contributed by atoms with E-state index in [1.807, 2.05) is 24.3 Å². The first-order valence-electron chi connectivity index (χ1n) is 7.27. The second-order valence-corrected chi connectivity index (χ2v) is 6.10. The van der Waals surface area contributed by atoms with E-state index in [1.54, 1.807) is 0 Å². The highest BCUT2D eigenvalue weighted by Gasteiger charge is 2.07. The summed E-state index contributed by atoms with van der Waals surface area (Å²) in [7, 11) is 0. The van der Waals surface area contributed by atoms with Gasteiger partial charge in [0.25, 0.3) is 0 Å². The highest BCUT2D eigenvalue weighted by atomic mass is 32.2. The van der Waals surface area contributed by atoms with E-state index in [4.69, 9.17) is 5.11 Å². The van der Waals surface area contributed by atoms with Crippen LogP contribution >= 0.6 is 11.8 Å². The Kier molecular flexibility index (Phi) is 8.38. The van der Waals surface area contributed by atoms with E-state index in [1.165, 1.54) is 31.0 Å². The Bertz CT molecular complexity index is 392. The number of carbonyl (C=O) groups is 1. The van der Waals surface area contributed by atoms with Crippen LogP contribution in [0.3, 0.4) is 0 Å². The number of hydrogen-bond acceptors (Lipinski definition) is 3. The topological polar surface area (TPSA) is 49.3 Å². The molecule has 112 valence electrons. The predicted molar refractivity (Wildman–Crippen MR) is 84.8 cm³/mol. The number of benzene rings is 1. The molecule has 20 heavy (non-hydrogen) atoms. The predicted octanol–water partition coefficient (Wildman–Crippen LogP) is 3.36. The van der Waals surface area contributed by atoms with E-state index in [2.05, 4.69) is 19.2 Å². The molecule has 0 heterocycles. The zero-order valence-corrected chi connectivity index (χ0v) is 13.2. The van der Waals surface area contributed by atoms with Gasteiger partial charge < -0.3 is 10.4 Å². The van der Waals surface area contributed by atoms with Crippen LogP contribution in [0.4, 0.5) is 0 Å². The standard InChI is InChI=1S/C16H25NO2S/c1-3-4-5-6-13(2)17-16(19)12-20-15-9-7-14(11-18)8-10-15/h7-10,13,18H,3-6,11-12H2,1-2H3,(H,17,19). The van der Waals surface area contributed by atoms with Crippen molar-refractivity contribution in [3.05, 3.63) is 29.8 Å². The van der Waals surface area contributed by atoms with Crippen molar-refractivity contribution in [1.29, 1.82) is 0 Å². The Balaban J connectivity index is 2.24. The van der Waals surface area contributed by atoms with Crippen LogP contribution in [0.5, 0.6) is 0 Å².